The molecule has 0 heterocycles. The summed E-state index contributed by atoms with van der Waals surface area (Å²) in [5.41, 5.74) is 2.57. The Bertz CT molecular complexity index is 546. The van der Waals surface area contributed by atoms with Gasteiger partial charge >= 0.3 is 0 Å². The molecule has 0 amide bonds. The highest BCUT2D eigenvalue weighted by molar-refractivity contribution is 5.29. The lowest BCUT2D eigenvalue weighted by Gasteiger charge is -2.13. The second-order valence-electron chi connectivity index (χ2n) is 5.93. The number of hydrogen-bond donors (Lipinski definition) is 1. The minimum Gasteiger partial charge on any atom is -0.489 e. The van der Waals surface area contributed by atoms with Crippen molar-refractivity contribution in [2.45, 2.75) is 38.3 Å². The van der Waals surface area contributed by atoms with E-state index in [4.69, 9.17) is 4.74 Å². The molecule has 0 spiro atoms. The van der Waals surface area contributed by atoms with E-state index in [9.17, 15) is 0 Å². The van der Waals surface area contributed by atoms with Crippen LogP contribution in [0.15, 0.2) is 54.6 Å². The van der Waals surface area contributed by atoms with Crippen molar-refractivity contribution < 1.29 is 4.74 Å². The molecule has 1 aliphatic carbocycles. The molecule has 2 aromatic carbocycles. The van der Waals surface area contributed by atoms with E-state index in [1.54, 1.807) is 0 Å². The topological polar surface area (TPSA) is 21.3 Å². The van der Waals surface area contributed by atoms with Crippen molar-refractivity contribution in [1.29, 1.82) is 0 Å². The Morgan fingerprint density at radius 3 is 2.43 bits per heavy atom. The molecule has 1 fully saturated rings. The Morgan fingerprint density at radius 1 is 1.05 bits per heavy atom. The van der Waals surface area contributed by atoms with Crippen LogP contribution in [0.5, 0.6) is 5.75 Å². The average molecular weight is 281 g/mol. The van der Waals surface area contributed by atoms with Crippen LogP contribution in [-0.4, -0.2) is 12.6 Å². The van der Waals surface area contributed by atoms with Gasteiger partial charge in [-0.1, -0.05) is 49.4 Å². The number of hydrogen-bond acceptors (Lipinski definition) is 2. The Kier molecular flexibility index (Phi) is 4.56. The van der Waals surface area contributed by atoms with Crippen molar-refractivity contribution in [3.8, 4) is 5.75 Å². The molecular formula is C19H23NO. The van der Waals surface area contributed by atoms with Crippen LogP contribution in [0.2, 0.25) is 0 Å². The van der Waals surface area contributed by atoms with Gasteiger partial charge in [0.1, 0.15) is 12.4 Å². The first-order chi connectivity index (χ1) is 10.3. The zero-order valence-electron chi connectivity index (χ0n) is 12.6. The van der Waals surface area contributed by atoms with Crippen LogP contribution in [0.3, 0.4) is 0 Å². The van der Waals surface area contributed by atoms with Gasteiger partial charge in [0, 0.05) is 12.6 Å². The third-order valence-corrected chi connectivity index (χ3v) is 3.99. The first-order valence-electron chi connectivity index (χ1n) is 7.81. The molecule has 0 bridgehead atoms. The summed E-state index contributed by atoms with van der Waals surface area (Å²) in [6, 6.07) is 19.6. The Morgan fingerprint density at radius 2 is 1.76 bits per heavy atom. The molecule has 1 atom stereocenters. The molecule has 0 aromatic heterocycles. The summed E-state index contributed by atoms with van der Waals surface area (Å²) in [5, 5.41) is 3.58. The van der Waals surface area contributed by atoms with E-state index in [0.29, 0.717) is 12.5 Å². The zero-order chi connectivity index (χ0) is 14.5. The van der Waals surface area contributed by atoms with Crippen LogP contribution in [0.4, 0.5) is 0 Å². The SMILES string of the molecule is CC(CNC1CC1)c1ccc(OCc2ccccc2)cc1. The van der Waals surface area contributed by atoms with Crippen molar-refractivity contribution in [3.05, 3.63) is 65.7 Å². The molecule has 21 heavy (non-hydrogen) atoms. The fraction of sp³-hybridized carbons (Fsp3) is 0.368. The van der Waals surface area contributed by atoms with Gasteiger partial charge in [-0.2, -0.15) is 0 Å². The molecule has 3 rings (SSSR count). The molecule has 0 saturated heterocycles. The first kappa shape index (κ1) is 14.2. The largest absolute Gasteiger partial charge is 0.489 e. The Balaban J connectivity index is 1.51. The highest BCUT2D eigenvalue weighted by Gasteiger charge is 2.21. The molecule has 1 N–H and O–H groups in total. The second-order valence-corrected chi connectivity index (χ2v) is 5.93. The molecule has 2 heteroatoms. The van der Waals surface area contributed by atoms with E-state index >= 15 is 0 Å². The van der Waals surface area contributed by atoms with Crippen LogP contribution < -0.4 is 10.1 Å². The predicted molar refractivity (Wildman–Crippen MR) is 86.7 cm³/mol. The van der Waals surface area contributed by atoms with E-state index in [2.05, 4.69) is 48.6 Å². The van der Waals surface area contributed by atoms with Gasteiger partial charge in [0.05, 0.1) is 0 Å². The van der Waals surface area contributed by atoms with E-state index in [1.165, 1.54) is 24.0 Å². The lowest BCUT2D eigenvalue weighted by atomic mass is 10.0. The predicted octanol–water partition coefficient (Wildman–Crippen LogP) is 4.12. The molecule has 1 aliphatic rings. The average Bonchev–Trinajstić information content (AvgIpc) is 3.36. The fourth-order valence-corrected chi connectivity index (χ4v) is 2.38. The standard InChI is InChI=1S/C19H23NO/c1-15(13-20-18-9-10-18)17-7-11-19(12-8-17)21-14-16-5-3-2-4-6-16/h2-8,11-12,15,18,20H,9-10,13-14H2,1H3. The summed E-state index contributed by atoms with van der Waals surface area (Å²) in [4.78, 5) is 0. The Labute approximate surface area is 127 Å². The summed E-state index contributed by atoms with van der Waals surface area (Å²) in [5.74, 6) is 1.48. The molecule has 2 nitrogen and oxygen atoms in total. The summed E-state index contributed by atoms with van der Waals surface area (Å²) >= 11 is 0. The van der Waals surface area contributed by atoms with Crippen molar-refractivity contribution in [2.24, 2.45) is 0 Å². The molecule has 1 saturated carbocycles. The maximum Gasteiger partial charge on any atom is 0.119 e. The van der Waals surface area contributed by atoms with Crippen molar-refractivity contribution in [1.82, 2.24) is 5.32 Å². The van der Waals surface area contributed by atoms with Gasteiger partial charge in [-0.05, 0) is 42.0 Å². The molecule has 1 unspecified atom stereocenters. The molecular weight excluding hydrogens is 258 g/mol. The second kappa shape index (κ2) is 6.77. The van der Waals surface area contributed by atoms with E-state index in [-0.39, 0.29) is 0 Å². The first-order valence-corrected chi connectivity index (χ1v) is 7.81. The lowest BCUT2D eigenvalue weighted by Crippen LogP contribution is -2.21. The number of rotatable bonds is 7. The van der Waals surface area contributed by atoms with Crippen LogP contribution in [0.25, 0.3) is 0 Å². The van der Waals surface area contributed by atoms with Crippen molar-refractivity contribution in [3.63, 3.8) is 0 Å². The highest BCUT2D eigenvalue weighted by atomic mass is 16.5. The van der Waals surface area contributed by atoms with Crippen LogP contribution >= 0.6 is 0 Å². The number of benzene rings is 2. The molecule has 2 aromatic rings. The van der Waals surface area contributed by atoms with Gasteiger partial charge in [-0.3, -0.25) is 0 Å². The van der Waals surface area contributed by atoms with Gasteiger partial charge < -0.3 is 10.1 Å². The third-order valence-electron chi connectivity index (χ3n) is 3.99. The van der Waals surface area contributed by atoms with Crippen LogP contribution in [0, 0.1) is 0 Å². The third kappa shape index (κ3) is 4.33. The van der Waals surface area contributed by atoms with E-state index < -0.39 is 0 Å². The number of ether oxygens (including phenoxy) is 1. The van der Waals surface area contributed by atoms with Gasteiger partial charge in [-0.15, -0.1) is 0 Å². The maximum absolute atomic E-state index is 5.82. The summed E-state index contributed by atoms with van der Waals surface area (Å²) in [6.45, 7) is 3.96. The summed E-state index contributed by atoms with van der Waals surface area (Å²) < 4.78 is 5.82. The van der Waals surface area contributed by atoms with Crippen molar-refractivity contribution >= 4 is 0 Å². The normalized spacial score (nSPS) is 15.7. The summed E-state index contributed by atoms with van der Waals surface area (Å²) in [7, 11) is 0. The van der Waals surface area contributed by atoms with Gasteiger partial charge in [0.2, 0.25) is 0 Å². The van der Waals surface area contributed by atoms with Crippen molar-refractivity contribution in [2.75, 3.05) is 6.54 Å². The highest BCUT2D eigenvalue weighted by Crippen LogP contribution is 2.22. The zero-order valence-corrected chi connectivity index (χ0v) is 12.6. The maximum atomic E-state index is 5.82. The Hall–Kier alpha value is -1.80. The fourth-order valence-electron chi connectivity index (χ4n) is 2.38. The minimum absolute atomic E-state index is 0.550. The van der Waals surface area contributed by atoms with Gasteiger partial charge in [0.25, 0.3) is 0 Å². The lowest BCUT2D eigenvalue weighted by molar-refractivity contribution is 0.306. The van der Waals surface area contributed by atoms with Crippen LogP contribution in [0.1, 0.15) is 36.8 Å². The number of nitrogens with one attached hydrogen (secondary N) is 1. The molecule has 110 valence electrons. The monoisotopic (exact) mass is 281 g/mol. The smallest absolute Gasteiger partial charge is 0.119 e. The molecule has 0 radical (unpaired) electrons. The van der Waals surface area contributed by atoms with Gasteiger partial charge in [-0.25, -0.2) is 0 Å². The van der Waals surface area contributed by atoms with Crippen LogP contribution in [-0.2, 0) is 6.61 Å². The minimum atomic E-state index is 0.550. The quantitative estimate of drug-likeness (QED) is 0.824. The van der Waals surface area contributed by atoms with Gasteiger partial charge in [0.15, 0.2) is 0 Å². The molecule has 0 aliphatic heterocycles. The van der Waals surface area contributed by atoms with E-state index in [0.717, 1.165) is 18.3 Å². The summed E-state index contributed by atoms with van der Waals surface area (Å²) in [6.07, 6.45) is 2.69. The van der Waals surface area contributed by atoms with E-state index in [1.807, 2.05) is 18.2 Å².